The van der Waals surface area contributed by atoms with E-state index in [1.807, 2.05) is 13.8 Å². The van der Waals surface area contributed by atoms with Crippen LogP contribution in [0.3, 0.4) is 0 Å². The number of allylic oxidation sites excluding steroid dienone is 1. The molecule has 25 heavy (non-hydrogen) atoms. The highest BCUT2D eigenvalue weighted by molar-refractivity contribution is 6.14. The summed E-state index contributed by atoms with van der Waals surface area (Å²) in [6.07, 6.45) is 5.93. The normalized spacial score (nSPS) is 13.3. The van der Waals surface area contributed by atoms with Gasteiger partial charge in [-0.2, -0.15) is 10.2 Å². The molecule has 0 spiro atoms. The Morgan fingerprint density at radius 3 is 2.32 bits per heavy atom. The van der Waals surface area contributed by atoms with E-state index in [1.54, 1.807) is 0 Å². The van der Waals surface area contributed by atoms with Crippen LogP contribution in [0, 0.1) is 20.8 Å². The van der Waals surface area contributed by atoms with Gasteiger partial charge in [0.15, 0.2) is 0 Å². The molecule has 0 fully saturated rings. The Hall–Kier alpha value is -2.48. The lowest BCUT2D eigenvalue weighted by atomic mass is 10.00. The molecule has 2 nitrogen and oxygen atoms in total. The van der Waals surface area contributed by atoms with E-state index in [0.29, 0.717) is 0 Å². The summed E-state index contributed by atoms with van der Waals surface area (Å²) in [5, 5.41) is 8.67. The van der Waals surface area contributed by atoms with Gasteiger partial charge < -0.3 is 0 Å². The topological polar surface area (TPSA) is 24.7 Å². The fraction of sp³-hybridized carbons (Fsp3) is 0.304. The maximum atomic E-state index is 4.35. The summed E-state index contributed by atoms with van der Waals surface area (Å²) in [6, 6.07) is 15.0. The molecule has 0 amide bonds. The first kappa shape index (κ1) is 18.9. The van der Waals surface area contributed by atoms with Crippen LogP contribution < -0.4 is 0 Å². The molecule has 0 radical (unpaired) electrons. The summed E-state index contributed by atoms with van der Waals surface area (Å²) in [4.78, 5) is 0. The molecule has 2 heteroatoms. The second-order valence-corrected chi connectivity index (χ2v) is 6.22. The standard InChI is InChI=1S/C21H22N2.C2H6/c1-15-8-9-18(12-17(15)3)13-21-14-20(22-23-21)11-10-19-7-5-4-6-16(19)2;1-2/h4-12H,13-14H2,1-3H3;1-2H3/b11-10+;. The van der Waals surface area contributed by atoms with E-state index in [2.05, 4.69) is 85.6 Å². The number of rotatable bonds is 4. The van der Waals surface area contributed by atoms with E-state index < -0.39 is 0 Å². The highest BCUT2D eigenvalue weighted by Crippen LogP contribution is 2.15. The third-order valence-electron chi connectivity index (χ3n) is 4.33. The summed E-state index contributed by atoms with van der Waals surface area (Å²) in [7, 11) is 0. The smallest absolute Gasteiger partial charge is 0.0687 e. The third kappa shape index (κ3) is 5.25. The van der Waals surface area contributed by atoms with Crippen LogP contribution in [-0.4, -0.2) is 11.4 Å². The Balaban J connectivity index is 0.00000109. The molecule has 0 aliphatic carbocycles. The van der Waals surface area contributed by atoms with Crippen LogP contribution >= 0.6 is 0 Å². The molecule has 0 N–H and O–H groups in total. The van der Waals surface area contributed by atoms with Crippen molar-refractivity contribution in [3.63, 3.8) is 0 Å². The fourth-order valence-electron chi connectivity index (χ4n) is 2.71. The summed E-state index contributed by atoms with van der Waals surface area (Å²) < 4.78 is 0. The van der Waals surface area contributed by atoms with Crippen LogP contribution in [0.15, 0.2) is 58.7 Å². The average Bonchev–Trinajstić information content (AvgIpc) is 3.07. The Kier molecular flexibility index (Phi) is 6.88. The van der Waals surface area contributed by atoms with Gasteiger partial charge in [-0.3, -0.25) is 0 Å². The van der Waals surface area contributed by atoms with Gasteiger partial charge in [0.1, 0.15) is 0 Å². The quantitative estimate of drug-likeness (QED) is 0.647. The zero-order valence-corrected chi connectivity index (χ0v) is 16.0. The lowest BCUT2D eigenvalue weighted by molar-refractivity contribution is 1.20. The maximum absolute atomic E-state index is 4.35. The minimum absolute atomic E-state index is 0.843. The van der Waals surface area contributed by atoms with E-state index in [9.17, 15) is 0 Å². The Labute approximate surface area is 152 Å². The first-order chi connectivity index (χ1) is 12.1. The molecule has 1 heterocycles. The molecule has 0 atom stereocenters. The zero-order chi connectivity index (χ0) is 18.2. The lowest BCUT2D eigenvalue weighted by Gasteiger charge is -2.05. The van der Waals surface area contributed by atoms with E-state index in [0.717, 1.165) is 24.3 Å². The van der Waals surface area contributed by atoms with Crippen LogP contribution in [0.1, 0.15) is 48.1 Å². The Morgan fingerprint density at radius 1 is 0.840 bits per heavy atom. The highest BCUT2D eigenvalue weighted by atomic mass is 15.2. The molecule has 3 rings (SSSR count). The van der Waals surface area contributed by atoms with Crippen molar-refractivity contribution in [2.45, 2.75) is 47.5 Å². The second kappa shape index (κ2) is 9.12. The van der Waals surface area contributed by atoms with Crippen molar-refractivity contribution in [2.75, 3.05) is 0 Å². The summed E-state index contributed by atoms with van der Waals surface area (Å²) in [5.74, 6) is 0. The number of nitrogens with zero attached hydrogens (tertiary/aromatic N) is 2. The van der Waals surface area contributed by atoms with Crippen molar-refractivity contribution >= 4 is 17.5 Å². The van der Waals surface area contributed by atoms with Gasteiger partial charge in [0.2, 0.25) is 0 Å². The summed E-state index contributed by atoms with van der Waals surface area (Å²) in [5.41, 5.74) is 8.66. The molecule has 0 aromatic heterocycles. The molecule has 0 bridgehead atoms. The van der Waals surface area contributed by atoms with Gasteiger partial charge >= 0.3 is 0 Å². The molecule has 0 saturated heterocycles. The first-order valence-electron chi connectivity index (χ1n) is 9.04. The summed E-state index contributed by atoms with van der Waals surface area (Å²) >= 11 is 0. The first-order valence-corrected chi connectivity index (χ1v) is 9.04. The van der Waals surface area contributed by atoms with Crippen LogP contribution in [0.5, 0.6) is 0 Å². The zero-order valence-electron chi connectivity index (χ0n) is 16.0. The molecule has 1 aliphatic rings. The van der Waals surface area contributed by atoms with Gasteiger partial charge in [-0.15, -0.1) is 0 Å². The number of benzene rings is 2. The molecular weight excluding hydrogens is 304 g/mol. The SMILES string of the molecule is CC.Cc1ccc(CC2=NN=C(/C=C/c3ccccc3C)C2)cc1C. The predicted molar refractivity (Wildman–Crippen MR) is 111 cm³/mol. The molecule has 0 unspecified atom stereocenters. The van der Waals surface area contributed by atoms with Gasteiger partial charge in [0.05, 0.1) is 11.4 Å². The molecule has 2 aromatic carbocycles. The van der Waals surface area contributed by atoms with Gasteiger partial charge in [-0.05, 0) is 54.7 Å². The van der Waals surface area contributed by atoms with Gasteiger partial charge in [0.25, 0.3) is 0 Å². The minimum Gasteiger partial charge on any atom is -0.159 e. The molecule has 130 valence electrons. The van der Waals surface area contributed by atoms with E-state index in [-0.39, 0.29) is 0 Å². The van der Waals surface area contributed by atoms with Gasteiger partial charge in [0, 0.05) is 12.8 Å². The van der Waals surface area contributed by atoms with E-state index in [1.165, 1.54) is 27.8 Å². The van der Waals surface area contributed by atoms with Crippen LogP contribution in [0.4, 0.5) is 0 Å². The third-order valence-corrected chi connectivity index (χ3v) is 4.33. The molecular formula is C23H28N2. The van der Waals surface area contributed by atoms with Crippen molar-refractivity contribution < 1.29 is 0 Å². The van der Waals surface area contributed by atoms with Crippen molar-refractivity contribution in [2.24, 2.45) is 10.2 Å². The van der Waals surface area contributed by atoms with E-state index >= 15 is 0 Å². The van der Waals surface area contributed by atoms with E-state index in [4.69, 9.17) is 0 Å². The van der Waals surface area contributed by atoms with Crippen LogP contribution in [0.2, 0.25) is 0 Å². The fourth-order valence-corrected chi connectivity index (χ4v) is 2.71. The minimum atomic E-state index is 0.843. The highest BCUT2D eigenvalue weighted by Gasteiger charge is 2.11. The van der Waals surface area contributed by atoms with Crippen molar-refractivity contribution in [1.82, 2.24) is 0 Å². The number of hydrogen-bond acceptors (Lipinski definition) is 2. The van der Waals surface area contributed by atoms with Crippen molar-refractivity contribution in [3.05, 3.63) is 76.4 Å². The summed E-state index contributed by atoms with van der Waals surface area (Å²) in [6.45, 7) is 10.4. The van der Waals surface area contributed by atoms with Gasteiger partial charge in [-0.1, -0.05) is 62.4 Å². The number of hydrogen-bond donors (Lipinski definition) is 0. The van der Waals surface area contributed by atoms with Crippen molar-refractivity contribution in [3.8, 4) is 0 Å². The van der Waals surface area contributed by atoms with Gasteiger partial charge in [-0.25, -0.2) is 0 Å². The Morgan fingerprint density at radius 2 is 1.60 bits per heavy atom. The molecule has 1 aliphatic heterocycles. The lowest BCUT2D eigenvalue weighted by Crippen LogP contribution is -2.04. The van der Waals surface area contributed by atoms with Crippen LogP contribution in [-0.2, 0) is 6.42 Å². The van der Waals surface area contributed by atoms with Crippen molar-refractivity contribution in [1.29, 1.82) is 0 Å². The largest absolute Gasteiger partial charge is 0.159 e. The second-order valence-electron chi connectivity index (χ2n) is 6.22. The molecule has 2 aromatic rings. The Bertz CT molecular complexity index is 811. The number of aryl methyl sites for hydroxylation is 3. The maximum Gasteiger partial charge on any atom is 0.0687 e. The average molecular weight is 332 g/mol. The monoisotopic (exact) mass is 332 g/mol. The predicted octanol–water partition coefficient (Wildman–Crippen LogP) is 6.09. The molecule has 0 saturated carbocycles. The van der Waals surface area contributed by atoms with Crippen LogP contribution in [0.25, 0.3) is 6.08 Å².